The maximum absolute atomic E-state index is 12.7. The summed E-state index contributed by atoms with van der Waals surface area (Å²) in [5, 5.41) is 9.11. The minimum atomic E-state index is -3.57. The molecule has 120 valence electrons. The number of aliphatic carboxylic acids is 1. The number of rotatable bonds is 7. The molecule has 22 heavy (non-hydrogen) atoms. The minimum absolute atomic E-state index is 0.229. The van der Waals surface area contributed by atoms with Gasteiger partial charge in [0.15, 0.2) is 0 Å². The highest BCUT2D eigenvalue weighted by atomic mass is 32.2. The summed E-state index contributed by atoms with van der Waals surface area (Å²) in [5.41, 5.74) is 1.75. The highest BCUT2D eigenvalue weighted by molar-refractivity contribution is 7.89. The minimum Gasteiger partial charge on any atom is -0.481 e. The van der Waals surface area contributed by atoms with Crippen molar-refractivity contribution in [3.8, 4) is 0 Å². The van der Waals surface area contributed by atoms with E-state index in [0.717, 1.165) is 17.5 Å². The third-order valence-corrected chi connectivity index (χ3v) is 5.76. The van der Waals surface area contributed by atoms with Crippen molar-refractivity contribution in [3.05, 3.63) is 42.0 Å². The SMILES string of the molecule is C=CCN(CCC)S(=O)(=O)c1ccc2c(c1)CC(C(=O)O)C2. The molecule has 6 heteroatoms. The van der Waals surface area contributed by atoms with Gasteiger partial charge in [-0.3, -0.25) is 4.79 Å². The van der Waals surface area contributed by atoms with Crippen molar-refractivity contribution < 1.29 is 18.3 Å². The van der Waals surface area contributed by atoms with E-state index in [9.17, 15) is 13.2 Å². The molecule has 0 aromatic heterocycles. The fourth-order valence-corrected chi connectivity index (χ4v) is 4.34. The second kappa shape index (κ2) is 6.62. The highest BCUT2D eigenvalue weighted by Crippen LogP contribution is 2.30. The average molecular weight is 323 g/mol. The normalized spacial score (nSPS) is 17.5. The summed E-state index contributed by atoms with van der Waals surface area (Å²) in [6.45, 7) is 6.23. The van der Waals surface area contributed by atoms with Gasteiger partial charge in [0.25, 0.3) is 0 Å². The second-order valence-electron chi connectivity index (χ2n) is 5.53. The molecule has 1 aromatic rings. The number of fused-ring (bicyclic) bond motifs is 1. The van der Waals surface area contributed by atoms with Gasteiger partial charge in [0.1, 0.15) is 0 Å². The maximum atomic E-state index is 12.7. The molecule has 1 unspecified atom stereocenters. The van der Waals surface area contributed by atoms with E-state index >= 15 is 0 Å². The number of sulfonamides is 1. The van der Waals surface area contributed by atoms with Gasteiger partial charge in [-0.25, -0.2) is 8.42 Å². The number of carbonyl (C=O) groups is 1. The van der Waals surface area contributed by atoms with Crippen molar-refractivity contribution in [3.63, 3.8) is 0 Å². The van der Waals surface area contributed by atoms with Crippen molar-refractivity contribution in [1.82, 2.24) is 4.31 Å². The standard InChI is InChI=1S/C16H21NO4S/c1-3-7-17(8-4-2)22(20,21)15-6-5-12-9-14(16(18)19)10-13(12)11-15/h3,5-6,11,14H,1,4,7-10H2,2H3,(H,18,19). The largest absolute Gasteiger partial charge is 0.481 e. The first-order valence-electron chi connectivity index (χ1n) is 7.35. The van der Waals surface area contributed by atoms with E-state index in [-0.39, 0.29) is 11.4 Å². The molecule has 0 radical (unpaired) electrons. The van der Waals surface area contributed by atoms with Gasteiger partial charge in [0.05, 0.1) is 10.8 Å². The molecule has 0 heterocycles. The van der Waals surface area contributed by atoms with Crippen molar-refractivity contribution in [2.75, 3.05) is 13.1 Å². The number of carboxylic acids is 1. The van der Waals surface area contributed by atoms with Crippen LogP contribution in [0.3, 0.4) is 0 Å². The Bertz CT molecular complexity index is 681. The molecule has 0 saturated carbocycles. The number of hydrogen-bond acceptors (Lipinski definition) is 3. The molecular formula is C16H21NO4S. The van der Waals surface area contributed by atoms with Crippen LogP contribution in [0.1, 0.15) is 24.5 Å². The van der Waals surface area contributed by atoms with Gasteiger partial charge in [0, 0.05) is 13.1 Å². The zero-order chi connectivity index (χ0) is 16.3. The smallest absolute Gasteiger partial charge is 0.307 e. The monoisotopic (exact) mass is 323 g/mol. The molecule has 0 spiro atoms. The van der Waals surface area contributed by atoms with Gasteiger partial charge in [-0.2, -0.15) is 4.31 Å². The summed E-state index contributed by atoms with van der Waals surface area (Å²) in [6.07, 6.45) is 3.15. The van der Waals surface area contributed by atoms with E-state index in [1.807, 2.05) is 6.92 Å². The van der Waals surface area contributed by atoms with Crippen LogP contribution in [0.5, 0.6) is 0 Å². The van der Waals surface area contributed by atoms with E-state index < -0.39 is 21.9 Å². The maximum Gasteiger partial charge on any atom is 0.307 e. The first-order chi connectivity index (χ1) is 10.4. The van der Waals surface area contributed by atoms with E-state index in [2.05, 4.69) is 6.58 Å². The Labute approximate surface area is 131 Å². The molecule has 1 aliphatic rings. The Morgan fingerprint density at radius 3 is 2.68 bits per heavy atom. The lowest BCUT2D eigenvalue weighted by Crippen LogP contribution is -2.32. The van der Waals surface area contributed by atoms with Crippen LogP contribution in [0.15, 0.2) is 35.7 Å². The van der Waals surface area contributed by atoms with Crippen LogP contribution in [0, 0.1) is 5.92 Å². The predicted molar refractivity (Wildman–Crippen MR) is 84.2 cm³/mol. The van der Waals surface area contributed by atoms with Crippen molar-refractivity contribution in [2.24, 2.45) is 5.92 Å². The molecule has 1 aromatic carbocycles. The second-order valence-corrected chi connectivity index (χ2v) is 7.46. The summed E-state index contributed by atoms with van der Waals surface area (Å²) in [4.78, 5) is 11.3. The summed E-state index contributed by atoms with van der Waals surface area (Å²) in [6, 6.07) is 4.94. The van der Waals surface area contributed by atoms with Gasteiger partial charge >= 0.3 is 5.97 Å². The molecule has 0 fully saturated rings. The van der Waals surface area contributed by atoms with Crippen LogP contribution >= 0.6 is 0 Å². The van der Waals surface area contributed by atoms with Gasteiger partial charge in [-0.05, 0) is 42.5 Å². The number of benzene rings is 1. The molecule has 0 bridgehead atoms. The van der Waals surface area contributed by atoms with Gasteiger partial charge in [-0.15, -0.1) is 6.58 Å². The van der Waals surface area contributed by atoms with Crippen LogP contribution < -0.4 is 0 Å². The van der Waals surface area contributed by atoms with Crippen LogP contribution in [-0.2, 0) is 27.7 Å². The van der Waals surface area contributed by atoms with Gasteiger partial charge in [0.2, 0.25) is 10.0 Å². The Morgan fingerprint density at radius 1 is 1.41 bits per heavy atom. The summed E-state index contributed by atoms with van der Waals surface area (Å²) >= 11 is 0. The van der Waals surface area contributed by atoms with Crippen molar-refractivity contribution in [1.29, 1.82) is 0 Å². The number of hydrogen-bond donors (Lipinski definition) is 1. The van der Waals surface area contributed by atoms with Crippen LogP contribution in [0.4, 0.5) is 0 Å². The molecular weight excluding hydrogens is 302 g/mol. The van der Waals surface area contributed by atoms with E-state index in [0.29, 0.717) is 19.4 Å². The summed E-state index contributed by atoms with van der Waals surface area (Å²) in [5.74, 6) is -1.28. The lowest BCUT2D eigenvalue weighted by atomic mass is 10.1. The molecule has 1 atom stereocenters. The van der Waals surface area contributed by atoms with Gasteiger partial charge < -0.3 is 5.11 Å². The van der Waals surface area contributed by atoms with Crippen LogP contribution in [-0.4, -0.2) is 36.9 Å². The highest BCUT2D eigenvalue weighted by Gasteiger charge is 2.29. The molecule has 0 saturated heterocycles. The lowest BCUT2D eigenvalue weighted by molar-refractivity contribution is -0.141. The van der Waals surface area contributed by atoms with Crippen LogP contribution in [0.25, 0.3) is 0 Å². The molecule has 5 nitrogen and oxygen atoms in total. The average Bonchev–Trinajstić information content (AvgIpc) is 2.90. The lowest BCUT2D eigenvalue weighted by Gasteiger charge is -2.20. The predicted octanol–water partition coefficient (Wildman–Crippen LogP) is 2.07. The van der Waals surface area contributed by atoms with E-state index in [1.165, 1.54) is 4.31 Å². The number of carboxylic acid groups (broad SMARTS) is 1. The Kier molecular flexibility index (Phi) is 5.03. The first-order valence-corrected chi connectivity index (χ1v) is 8.79. The van der Waals surface area contributed by atoms with Gasteiger partial charge in [-0.1, -0.05) is 19.1 Å². The molecule has 0 aliphatic heterocycles. The summed E-state index contributed by atoms with van der Waals surface area (Å²) < 4.78 is 26.8. The molecule has 1 N–H and O–H groups in total. The Morgan fingerprint density at radius 2 is 2.09 bits per heavy atom. The zero-order valence-corrected chi connectivity index (χ0v) is 13.5. The fraction of sp³-hybridized carbons (Fsp3) is 0.438. The fourth-order valence-electron chi connectivity index (χ4n) is 2.78. The molecule has 1 aliphatic carbocycles. The Hall–Kier alpha value is -1.66. The van der Waals surface area contributed by atoms with Crippen LogP contribution in [0.2, 0.25) is 0 Å². The first kappa shape index (κ1) is 16.7. The zero-order valence-electron chi connectivity index (χ0n) is 12.7. The van der Waals surface area contributed by atoms with E-state index in [1.54, 1.807) is 24.3 Å². The topological polar surface area (TPSA) is 74.7 Å². The van der Waals surface area contributed by atoms with E-state index in [4.69, 9.17) is 5.11 Å². The third kappa shape index (κ3) is 3.23. The quantitative estimate of drug-likeness (QED) is 0.780. The molecule has 0 amide bonds. The van der Waals surface area contributed by atoms with Crippen molar-refractivity contribution in [2.45, 2.75) is 31.1 Å². The third-order valence-electron chi connectivity index (χ3n) is 3.90. The Balaban J connectivity index is 2.32. The summed E-state index contributed by atoms with van der Waals surface area (Å²) in [7, 11) is -3.57. The number of nitrogens with zero attached hydrogens (tertiary/aromatic N) is 1. The van der Waals surface area contributed by atoms with Crippen molar-refractivity contribution >= 4 is 16.0 Å². The molecule has 2 rings (SSSR count).